The van der Waals surface area contributed by atoms with Crippen LogP contribution in [0, 0.1) is 0 Å². The van der Waals surface area contributed by atoms with Crippen LogP contribution in [0.15, 0.2) is 4.99 Å². The number of carbonyl (C=O) groups is 1. The van der Waals surface area contributed by atoms with Gasteiger partial charge in [0.1, 0.15) is 5.60 Å². The number of hydrogen-bond donors (Lipinski definition) is 3. The van der Waals surface area contributed by atoms with Gasteiger partial charge in [0.25, 0.3) is 0 Å². The van der Waals surface area contributed by atoms with Crippen molar-refractivity contribution in [2.45, 2.75) is 65.0 Å². The summed E-state index contributed by atoms with van der Waals surface area (Å²) in [6.07, 6.45) is 2.09. The van der Waals surface area contributed by atoms with E-state index in [2.05, 4.69) is 34.8 Å². The van der Waals surface area contributed by atoms with Gasteiger partial charge in [-0.25, -0.2) is 4.79 Å². The summed E-state index contributed by atoms with van der Waals surface area (Å²) in [4.78, 5) is 16.3. The lowest BCUT2D eigenvalue weighted by molar-refractivity contribution is 0.0448. The van der Waals surface area contributed by atoms with Crippen LogP contribution in [0.2, 0.25) is 0 Å². The topological polar surface area (TPSA) is 84.0 Å². The molecule has 0 aromatic heterocycles. The van der Waals surface area contributed by atoms with Crippen LogP contribution in [-0.4, -0.2) is 57.0 Å². The van der Waals surface area contributed by atoms with E-state index in [1.165, 1.54) is 0 Å². The number of alkyl carbamates (subject to hydrolysis) is 1. The molecule has 0 unspecified atom stereocenters. The highest BCUT2D eigenvalue weighted by Gasteiger charge is 2.30. The van der Waals surface area contributed by atoms with Gasteiger partial charge in [-0.2, -0.15) is 0 Å². The van der Waals surface area contributed by atoms with Crippen molar-refractivity contribution in [3.05, 3.63) is 0 Å². The molecule has 0 saturated heterocycles. The number of ether oxygens (including phenoxy) is 2. The van der Waals surface area contributed by atoms with Gasteiger partial charge in [-0.15, -0.1) is 0 Å². The first kappa shape index (κ1) is 22.5. The average molecular weight is 345 g/mol. The quantitative estimate of drug-likeness (QED) is 0.339. The summed E-state index contributed by atoms with van der Waals surface area (Å²) in [7, 11) is 3.42. The van der Waals surface area contributed by atoms with Crippen LogP contribution in [0.25, 0.3) is 0 Å². The third-order valence-electron chi connectivity index (χ3n) is 3.76. The van der Waals surface area contributed by atoms with Gasteiger partial charge in [-0.05, 0) is 40.0 Å². The molecule has 0 heterocycles. The highest BCUT2D eigenvalue weighted by atomic mass is 16.6. The first-order valence-corrected chi connectivity index (χ1v) is 8.66. The second kappa shape index (κ2) is 11.1. The molecule has 0 radical (unpaired) electrons. The Balaban J connectivity index is 4.61. The van der Waals surface area contributed by atoms with Crippen LogP contribution >= 0.6 is 0 Å². The van der Waals surface area contributed by atoms with Gasteiger partial charge in [0.05, 0.1) is 5.54 Å². The monoisotopic (exact) mass is 344 g/mol. The number of aliphatic imine (C=N–C) groups is 1. The Kier molecular flexibility index (Phi) is 10.4. The molecule has 0 aliphatic rings. The van der Waals surface area contributed by atoms with Crippen molar-refractivity contribution in [3.63, 3.8) is 0 Å². The van der Waals surface area contributed by atoms with Gasteiger partial charge < -0.3 is 25.4 Å². The zero-order valence-corrected chi connectivity index (χ0v) is 16.4. The molecular formula is C17H36N4O3. The number of rotatable bonds is 9. The van der Waals surface area contributed by atoms with Crippen LogP contribution in [0.5, 0.6) is 0 Å². The maximum atomic E-state index is 12.1. The number of nitrogens with zero attached hydrogens (tertiary/aromatic N) is 1. The van der Waals surface area contributed by atoms with Gasteiger partial charge in [0.2, 0.25) is 0 Å². The Bertz CT molecular complexity index is 388. The summed E-state index contributed by atoms with van der Waals surface area (Å²) in [5.74, 6) is 0.711. The van der Waals surface area contributed by atoms with Crippen molar-refractivity contribution < 1.29 is 14.3 Å². The molecule has 0 spiro atoms. The van der Waals surface area contributed by atoms with Gasteiger partial charge in [-0.3, -0.25) is 4.99 Å². The lowest BCUT2D eigenvalue weighted by atomic mass is 9.93. The molecule has 7 nitrogen and oxygen atoms in total. The normalized spacial score (nSPS) is 12.7. The van der Waals surface area contributed by atoms with Crippen molar-refractivity contribution in [2.24, 2.45) is 4.99 Å². The number of hydrogen-bond acceptors (Lipinski definition) is 4. The van der Waals surface area contributed by atoms with E-state index >= 15 is 0 Å². The zero-order chi connectivity index (χ0) is 18.6. The SMILES string of the molecule is CCC(CC)(CNC(=NC)NCCCOC)NC(=O)OC(C)(C)C. The van der Waals surface area contributed by atoms with Crippen LogP contribution in [0.3, 0.4) is 0 Å². The minimum Gasteiger partial charge on any atom is -0.444 e. The molecule has 0 aromatic rings. The molecule has 142 valence electrons. The number of nitrogens with one attached hydrogen (secondary N) is 3. The fourth-order valence-electron chi connectivity index (χ4n) is 2.14. The second-order valence-electron chi connectivity index (χ2n) is 6.81. The lowest BCUT2D eigenvalue weighted by Gasteiger charge is -2.34. The fraction of sp³-hybridized carbons (Fsp3) is 0.882. The largest absolute Gasteiger partial charge is 0.444 e. The van der Waals surface area contributed by atoms with E-state index in [0.717, 1.165) is 25.8 Å². The second-order valence-corrected chi connectivity index (χ2v) is 6.81. The molecule has 0 bridgehead atoms. The van der Waals surface area contributed by atoms with Crippen LogP contribution in [0.4, 0.5) is 4.79 Å². The Hall–Kier alpha value is -1.50. The summed E-state index contributed by atoms with van der Waals surface area (Å²) >= 11 is 0. The van der Waals surface area contributed by atoms with Crippen LogP contribution < -0.4 is 16.0 Å². The highest BCUT2D eigenvalue weighted by molar-refractivity contribution is 5.79. The van der Waals surface area contributed by atoms with Gasteiger partial charge in [-0.1, -0.05) is 13.8 Å². The number of carbonyl (C=O) groups excluding carboxylic acids is 1. The number of guanidine groups is 1. The van der Waals surface area contributed by atoms with Gasteiger partial charge in [0, 0.05) is 33.9 Å². The Morgan fingerprint density at radius 3 is 2.21 bits per heavy atom. The molecular weight excluding hydrogens is 308 g/mol. The molecule has 3 N–H and O–H groups in total. The van der Waals surface area contributed by atoms with E-state index in [1.807, 2.05) is 20.8 Å². The maximum absolute atomic E-state index is 12.1. The molecule has 0 aromatic carbocycles. The van der Waals surface area contributed by atoms with Gasteiger partial charge in [0.15, 0.2) is 5.96 Å². The van der Waals surface area contributed by atoms with Crippen LogP contribution in [-0.2, 0) is 9.47 Å². The van der Waals surface area contributed by atoms with E-state index in [4.69, 9.17) is 9.47 Å². The molecule has 0 fully saturated rings. The van der Waals surface area contributed by atoms with E-state index in [0.29, 0.717) is 19.1 Å². The molecule has 0 saturated carbocycles. The summed E-state index contributed by atoms with van der Waals surface area (Å²) in [6.45, 7) is 11.7. The zero-order valence-electron chi connectivity index (χ0n) is 16.4. The molecule has 0 rings (SSSR count). The molecule has 0 aliphatic carbocycles. The van der Waals surface area contributed by atoms with Crippen molar-refractivity contribution in [1.29, 1.82) is 0 Å². The standard InChI is InChI=1S/C17H36N4O3/c1-8-17(9-2,21-15(22)24-16(3,4)5)13-20-14(18-6)19-11-10-12-23-7/h8-13H2,1-7H3,(H,21,22)(H2,18,19,20). The predicted molar refractivity (Wildman–Crippen MR) is 98.5 cm³/mol. The van der Waals surface area contributed by atoms with E-state index < -0.39 is 11.7 Å². The molecule has 1 amide bonds. The van der Waals surface area contributed by atoms with E-state index in [-0.39, 0.29) is 5.54 Å². The van der Waals surface area contributed by atoms with Crippen molar-refractivity contribution in [1.82, 2.24) is 16.0 Å². The Labute approximate surface area is 147 Å². The highest BCUT2D eigenvalue weighted by Crippen LogP contribution is 2.16. The molecule has 7 heteroatoms. The van der Waals surface area contributed by atoms with E-state index in [1.54, 1.807) is 14.2 Å². The minimum absolute atomic E-state index is 0.382. The maximum Gasteiger partial charge on any atom is 0.408 e. The predicted octanol–water partition coefficient (Wildman–Crippen LogP) is 2.27. The Morgan fingerprint density at radius 2 is 1.75 bits per heavy atom. The summed E-state index contributed by atoms with van der Waals surface area (Å²) in [5, 5.41) is 9.53. The summed E-state index contributed by atoms with van der Waals surface area (Å²) < 4.78 is 10.4. The molecule has 24 heavy (non-hydrogen) atoms. The number of methoxy groups -OCH3 is 1. The molecule has 0 aliphatic heterocycles. The van der Waals surface area contributed by atoms with Crippen molar-refractivity contribution >= 4 is 12.1 Å². The smallest absolute Gasteiger partial charge is 0.408 e. The Morgan fingerprint density at radius 1 is 1.12 bits per heavy atom. The number of amides is 1. The summed E-state index contributed by atoms with van der Waals surface area (Å²) in [5.41, 5.74) is -0.893. The van der Waals surface area contributed by atoms with Crippen molar-refractivity contribution in [3.8, 4) is 0 Å². The first-order chi connectivity index (χ1) is 11.2. The van der Waals surface area contributed by atoms with Gasteiger partial charge >= 0.3 is 6.09 Å². The lowest BCUT2D eigenvalue weighted by Crippen LogP contribution is -2.57. The average Bonchev–Trinajstić information content (AvgIpc) is 2.51. The molecule has 0 atom stereocenters. The third kappa shape index (κ3) is 9.60. The first-order valence-electron chi connectivity index (χ1n) is 8.66. The van der Waals surface area contributed by atoms with Crippen LogP contribution in [0.1, 0.15) is 53.9 Å². The minimum atomic E-state index is -0.510. The van der Waals surface area contributed by atoms with E-state index in [9.17, 15) is 4.79 Å². The summed E-state index contributed by atoms with van der Waals surface area (Å²) in [6, 6.07) is 0. The fourth-order valence-corrected chi connectivity index (χ4v) is 2.14. The third-order valence-corrected chi connectivity index (χ3v) is 3.76. The van der Waals surface area contributed by atoms with Crippen molar-refractivity contribution in [2.75, 3.05) is 33.9 Å².